The van der Waals surface area contributed by atoms with Crippen LogP contribution in [-0.4, -0.2) is 35.9 Å². The number of methoxy groups -OCH3 is 1. The maximum atomic E-state index is 12.7. The molecular formula is C22H24ClN3O3. The highest BCUT2D eigenvalue weighted by Gasteiger charge is 2.20. The number of carbonyl (C=O) groups excluding carboxylic acids is 1. The monoisotopic (exact) mass is 413 g/mol. The molecule has 29 heavy (non-hydrogen) atoms. The maximum absolute atomic E-state index is 12.7. The number of hydrogen-bond donors (Lipinski definition) is 1. The molecule has 0 aliphatic rings. The first kappa shape index (κ1) is 20.7. The van der Waals surface area contributed by atoms with Gasteiger partial charge in [0.2, 0.25) is 0 Å². The van der Waals surface area contributed by atoms with E-state index in [-0.39, 0.29) is 11.8 Å². The fraction of sp³-hybridized carbons (Fsp3) is 0.273. The molecular weight excluding hydrogens is 390 g/mol. The van der Waals surface area contributed by atoms with Gasteiger partial charge in [-0.25, -0.2) is 4.68 Å². The Kier molecular flexibility index (Phi) is 6.77. The molecule has 3 rings (SSSR count). The molecule has 0 spiro atoms. The number of hydrogen-bond acceptors (Lipinski definition) is 4. The zero-order chi connectivity index (χ0) is 20.8. The molecule has 7 heteroatoms. The van der Waals surface area contributed by atoms with Crippen molar-refractivity contribution in [1.82, 2.24) is 15.1 Å². The summed E-state index contributed by atoms with van der Waals surface area (Å²) in [4.78, 5) is 12.7. The van der Waals surface area contributed by atoms with Crippen LogP contribution in [0.3, 0.4) is 0 Å². The third kappa shape index (κ3) is 4.90. The summed E-state index contributed by atoms with van der Waals surface area (Å²) in [5.74, 6) is 1.21. The number of carbonyl (C=O) groups is 1. The van der Waals surface area contributed by atoms with Gasteiger partial charge in [-0.3, -0.25) is 4.79 Å². The van der Waals surface area contributed by atoms with Crippen LogP contribution in [0.15, 0.2) is 54.7 Å². The number of amides is 1. The lowest BCUT2D eigenvalue weighted by molar-refractivity contribution is 0.0945. The van der Waals surface area contributed by atoms with Crippen molar-refractivity contribution in [2.24, 2.45) is 0 Å². The van der Waals surface area contributed by atoms with Crippen molar-refractivity contribution in [2.75, 3.05) is 20.3 Å². The van der Waals surface area contributed by atoms with Gasteiger partial charge in [0.05, 0.1) is 36.8 Å². The predicted molar refractivity (Wildman–Crippen MR) is 113 cm³/mol. The van der Waals surface area contributed by atoms with E-state index in [1.54, 1.807) is 24.1 Å². The van der Waals surface area contributed by atoms with E-state index in [1.807, 2.05) is 56.3 Å². The van der Waals surface area contributed by atoms with E-state index in [9.17, 15) is 4.79 Å². The van der Waals surface area contributed by atoms with E-state index in [2.05, 4.69) is 10.4 Å². The molecule has 1 aromatic heterocycles. The Morgan fingerprint density at radius 2 is 1.93 bits per heavy atom. The molecule has 0 aliphatic heterocycles. The SMILES string of the molecule is COc1ccccc1OCCNC(=O)c1cnn(-c2cccc(Cl)c2)c1C(C)C. The summed E-state index contributed by atoms with van der Waals surface area (Å²) in [6, 6.07) is 14.8. The Morgan fingerprint density at radius 1 is 1.17 bits per heavy atom. The van der Waals surface area contributed by atoms with Crippen molar-refractivity contribution in [1.29, 1.82) is 0 Å². The van der Waals surface area contributed by atoms with Gasteiger partial charge >= 0.3 is 0 Å². The molecule has 0 aliphatic carbocycles. The van der Waals surface area contributed by atoms with E-state index in [0.29, 0.717) is 35.2 Å². The van der Waals surface area contributed by atoms with Gasteiger partial charge in [0, 0.05) is 5.02 Å². The number of nitrogens with zero attached hydrogens (tertiary/aromatic N) is 2. The normalized spacial score (nSPS) is 10.8. The fourth-order valence-corrected chi connectivity index (χ4v) is 3.25. The van der Waals surface area contributed by atoms with Crippen molar-refractivity contribution in [3.8, 4) is 17.2 Å². The molecule has 152 valence electrons. The van der Waals surface area contributed by atoms with Gasteiger partial charge in [0.25, 0.3) is 5.91 Å². The van der Waals surface area contributed by atoms with Gasteiger partial charge < -0.3 is 14.8 Å². The van der Waals surface area contributed by atoms with E-state index < -0.39 is 0 Å². The Hall–Kier alpha value is -2.99. The summed E-state index contributed by atoms with van der Waals surface area (Å²) in [6.45, 7) is 4.74. The molecule has 0 unspecified atom stereocenters. The number of halogens is 1. The number of ether oxygens (including phenoxy) is 2. The second-order valence-corrected chi connectivity index (χ2v) is 7.18. The first-order chi connectivity index (χ1) is 14.0. The van der Waals surface area contributed by atoms with Crippen molar-refractivity contribution in [3.05, 3.63) is 71.0 Å². The van der Waals surface area contributed by atoms with Crippen LogP contribution in [0.2, 0.25) is 5.02 Å². The summed E-state index contributed by atoms with van der Waals surface area (Å²) in [5, 5.41) is 7.93. The van der Waals surface area contributed by atoms with Crippen LogP contribution in [0, 0.1) is 0 Å². The highest BCUT2D eigenvalue weighted by molar-refractivity contribution is 6.30. The van der Waals surface area contributed by atoms with Crippen molar-refractivity contribution >= 4 is 17.5 Å². The highest BCUT2D eigenvalue weighted by Crippen LogP contribution is 2.26. The summed E-state index contributed by atoms with van der Waals surface area (Å²) in [5.41, 5.74) is 2.19. The predicted octanol–water partition coefficient (Wildman–Crippen LogP) is 4.47. The van der Waals surface area contributed by atoms with E-state index in [0.717, 1.165) is 11.4 Å². The smallest absolute Gasteiger partial charge is 0.254 e. The van der Waals surface area contributed by atoms with Crippen LogP contribution in [0.4, 0.5) is 0 Å². The van der Waals surface area contributed by atoms with Crippen molar-refractivity contribution < 1.29 is 14.3 Å². The van der Waals surface area contributed by atoms with Crippen LogP contribution >= 0.6 is 11.6 Å². The molecule has 0 saturated carbocycles. The number of benzene rings is 2. The molecule has 0 bridgehead atoms. The minimum absolute atomic E-state index is 0.0991. The number of aromatic nitrogens is 2. The zero-order valence-electron chi connectivity index (χ0n) is 16.7. The van der Waals surface area contributed by atoms with Gasteiger partial charge in [-0.1, -0.05) is 43.6 Å². The maximum Gasteiger partial charge on any atom is 0.254 e. The van der Waals surface area contributed by atoms with Gasteiger partial charge in [-0.15, -0.1) is 0 Å². The van der Waals surface area contributed by atoms with Crippen LogP contribution in [0.5, 0.6) is 11.5 Å². The lowest BCUT2D eigenvalue weighted by Gasteiger charge is -2.14. The molecule has 1 N–H and O–H groups in total. The standard InChI is InChI=1S/C22H24ClN3O3/c1-15(2)21-18(14-25-26(21)17-8-6-7-16(23)13-17)22(27)24-11-12-29-20-10-5-4-9-19(20)28-3/h4-10,13-15H,11-12H2,1-3H3,(H,24,27). The second kappa shape index (κ2) is 9.47. The molecule has 3 aromatic rings. The molecule has 6 nitrogen and oxygen atoms in total. The first-order valence-corrected chi connectivity index (χ1v) is 9.77. The lowest BCUT2D eigenvalue weighted by Crippen LogP contribution is -2.29. The number of para-hydroxylation sites is 2. The van der Waals surface area contributed by atoms with Crippen LogP contribution < -0.4 is 14.8 Å². The summed E-state index contributed by atoms with van der Waals surface area (Å²) >= 11 is 6.11. The third-order valence-corrected chi connectivity index (χ3v) is 4.60. The first-order valence-electron chi connectivity index (χ1n) is 9.39. The average molecular weight is 414 g/mol. The van der Waals surface area contributed by atoms with Crippen LogP contribution in [0.1, 0.15) is 35.8 Å². The van der Waals surface area contributed by atoms with Gasteiger partial charge in [-0.2, -0.15) is 5.10 Å². The lowest BCUT2D eigenvalue weighted by atomic mass is 10.1. The molecule has 1 heterocycles. The largest absolute Gasteiger partial charge is 0.493 e. The Labute approximate surface area is 175 Å². The minimum Gasteiger partial charge on any atom is -0.493 e. The molecule has 0 radical (unpaired) electrons. The minimum atomic E-state index is -0.189. The fourth-order valence-electron chi connectivity index (χ4n) is 3.06. The molecule has 1 amide bonds. The Balaban J connectivity index is 1.68. The van der Waals surface area contributed by atoms with Crippen molar-refractivity contribution in [2.45, 2.75) is 19.8 Å². The summed E-state index contributed by atoms with van der Waals surface area (Å²) in [7, 11) is 1.59. The number of rotatable bonds is 8. The van der Waals surface area contributed by atoms with Gasteiger partial charge in [0.1, 0.15) is 6.61 Å². The summed E-state index contributed by atoms with van der Waals surface area (Å²) < 4.78 is 12.7. The Morgan fingerprint density at radius 3 is 2.62 bits per heavy atom. The third-order valence-electron chi connectivity index (χ3n) is 4.36. The molecule has 0 atom stereocenters. The van der Waals surface area contributed by atoms with E-state index >= 15 is 0 Å². The topological polar surface area (TPSA) is 65.4 Å². The van der Waals surface area contributed by atoms with E-state index in [1.165, 1.54) is 0 Å². The number of nitrogens with one attached hydrogen (secondary N) is 1. The van der Waals surface area contributed by atoms with E-state index in [4.69, 9.17) is 21.1 Å². The zero-order valence-corrected chi connectivity index (χ0v) is 17.4. The molecule has 0 saturated heterocycles. The van der Waals surface area contributed by atoms with Gasteiger partial charge in [-0.05, 0) is 36.2 Å². The molecule has 0 fully saturated rings. The van der Waals surface area contributed by atoms with Crippen LogP contribution in [0.25, 0.3) is 5.69 Å². The Bertz CT molecular complexity index is 985. The summed E-state index contributed by atoms with van der Waals surface area (Å²) in [6.07, 6.45) is 1.59. The highest BCUT2D eigenvalue weighted by atomic mass is 35.5. The van der Waals surface area contributed by atoms with Crippen LogP contribution in [-0.2, 0) is 0 Å². The van der Waals surface area contributed by atoms with Crippen molar-refractivity contribution in [3.63, 3.8) is 0 Å². The quantitative estimate of drug-likeness (QED) is 0.553. The molecule has 2 aromatic carbocycles. The van der Waals surface area contributed by atoms with Gasteiger partial charge in [0.15, 0.2) is 11.5 Å². The average Bonchev–Trinajstić information content (AvgIpc) is 3.17. The second-order valence-electron chi connectivity index (χ2n) is 6.75.